The topological polar surface area (TPSA) is 41.6 Å². The van der Waals surface area contributed by atoms with Crippen LogP contribution in [0.15, 0.2) is 48.5 Å². The molecule has 1 N–H and O–H groups in total. The van der Waals surface area contributed by atoms with Gasteiger partial charge < -0.3 is 10.1 Å². The zero-order valence-corrected chi connectivity index (χ0v) is 17.3. The van der Waals surface area contributed by atoms with Gasteiger partial charge in [-0.05, 0) is 62.5 Å². The Morgan fingerprint density at radius 2 is 1.89 bits per heavy atom. The zero-order valence-electron chi connectivity index (χ0n) is 17.3. The number of likely N-dealkylation sites (tertiary alicyclic amines) is 1. The fourth-order valence-electron chi connectivity index (χ4n) is 3.97. The number of aryl methyl sites for hydroxylation is 1. The van der Waals surface area contributed by atoms with Crippen LogP contribution in [0.5, 0.6) is 5.75 Å². The fraction of sp³-hybridized carbons (Fsp3) is 0.458. The van der Waals surface area contributed by atoms with E-state index < -0.39 is 0 Å². The molecule has 1 heterocycles. The highest BCUT2D eigenvalue weighted by molar-refractivity contribution is 5.79. The molecule has 0 aliphatic carbocycles. The number of benzene rings is 2. The first-order chi connectivity index (χ1) is 13.6. The molecule has 2 aromatic carbocycles. The molecular weight excluding hydrogens is 348 g/mol. The van der Waals surface area contributed by atoms with Crippen LogP contribution < -0.4 is 10.1 Å². The molecule has 1 fully saturated rings. The van der Waals surface area contributed by atoms with E-state index in [4.69, 9.17) is 4.74 Å². The molecule has 2 aromatic rings. The van der Waals surface area contributed by atoms with Crippen LogP contribution in [0.2, 0.25) is 0 Å². The number of nitrogens with one attached hydrogen (secondary N) is 1. The largest absolute Gasteiger partial charge is 0.497 e. The van der Waals surface area contributed by atoms with Crippen LogP contribution in [0.4, 0.5) is 0 Å². The summed E-state index contributed by atoms with van der Waals surface area (Å²) in [5.41, 5.74) is 3.79. The molecule has 3 rings (SSSR count). The standard InChI is InChI=1S/C24H32N2O2/c1-4-23(20-8-10-22(28-3)11-9-20)25-24(27)21-12-14-26(15-13-21)17-19-7-5-6-18(2)16-19/h5-11,16,21,23H,4,12-15,17H2,1-3H3,(H,25,27)/t23-/m1/s1. The second kappa shape index (κ2) is 9.74. The number of methoxy groups -OCH3 is 1. The van der Waals surface area contributed by atoms with E-state index in [2.05, 4.69) is 48.3 Å². The Bertz CT molecular complexity index is 764. The first kappa shape index (κ1) is 20.4. The molecule has 1 amide bonds. The minimum atomic E-state index is 0.0590. The van der Waals surface area contributed by atoms with Crippen molar-refractivity contribution in [1.29, 1.82) is 0 Å². The van der Waals surface area contributed by atoms with E-state index in [-0.39, 0.29) is 17.9 Å². The maximum absolute atomic E-state index is 12.8. The second-order valence-corrected chi connectivity index (χ2v) is 7.78. The van der Waals surface area contributed by atoms with Gasteiger partial charge in [-0.15, -0.1) is 0 Å². The van der Waals surface area contributed by atoms with Crippen molar-refractivity contribution in [1.82, 2.24) is 10.2 Å². The highest BCUT2D eigenvalue weighted by Crippen LogP contribution is 2.24. The number of nitrogens with zero attached hydrogens (tertiary/aromatic N) is 1. The Labute approximate surface area is 168 Å². The zero-order chi connectivity index (χ0) is 19.9. The number of rotatable bonds is 7. The lowest BCUT2D eigenvalue weighted by molar-refractivity contribution is -0.127. The van der Waals surface area contributed by atoms with Gasteiger partial charge >= 0.3 is 0 Å². The Morgan fingerprint density at radius 3 is 2.50 bits per heavy atom. The van der Waals surface area contributed by atoms with Gasteiger partial charge in [-0.2, -0.15) is 0 Å². The first-order valence-electron chi connectivity index (χ1n) is 10.3. The predicted octanol–water partition coefficient (Wildman–Crippen LogP) is 4.48. The summed E-state index contributed by atoms with van der Waals surface area (Å²) < 4.78 is 5.23. The normalized spacial score (nSPS) is 16.5. The van der Waals surface area contributed by atoms with Gasteiger partial charge in [0.1, 0.15) is 5.75 Å². The van der Waals surface area contributed by atoms with Crippen molar-refractivity contribution in [3.05, 3.63) is 65.2 Å². The molecule has 0 spiro atoms. The van der Waals surface area contributed by atoms with E-state index in [0.717, 1.165) is 50.2 Å². The van der Waals surface area contributed by atoms with Crippen molar-refractivity contribution in [3.8, 4) is 5.75 Å². The fourth-order valence-corrected chi connectivity index (χ4v) is 3.97. The quantitative estimate of drug-likeness (QED) is 0.770. The van der Waals surface area contributed by atoms with Gasteiger partial charge in [0.25, 0.3) is 0 Å². The number of piperidine rings is 1. The van der Waals surface area contributed by atoms with Crippen LogP contribution in [-0.4, -0.2) is 31.0 Å². The predicted molar refractivity (Wildman–Crippen MR) is 113 cm³/mol. The summed E-state index contributed by atoms with van der Waals surface area (Å²) in [4.78, 5) is 15.3. The average Bonchev–Trinajstić information content (AvgIpc) is 2.72. The highest BCUT2D eigenvalue weighted by Gasteiger charge is 2.26. The molecule has 28 heavy (non-hydrogen) atoms. The van der Waals surface area contributed by atoms with Gasteiger partial charge in [0.2, 0.25) is 5.91 Å². The van der Waals surface area contributed by atoms with Crippen molar-refractivity contribution in [2.45, 2.75) is 45.7 Å². The van der Waals surface area contributed by atoms with Crippen LogP contribution >= 0.6 is 0 Å². The van der Waals surface area contributed by atoms with Gasteiger partial charge in [-0.1, -0.05) is 48.9 Å². The summed E-state index contributed by atoms with van der Waals surface area (Å²) in [6.07, 6.45) is 2.73. The Balaban J connectivity index is 1.51. The Morgan fingerprint density at radius 1 is 1.18 bits per heavy atom. The first-order valence-corrected chi connectivity index (χ1v) is 10.3. The van der Waals surface area contributed by atoms with Crippen LogP contribution in [0.25, 0.3) is 0 Å². The van der Waals surface area contributed by atoms with Crippen molar-refractivity contribution < 1.29 is 9.53 Å². The van der Waals surface area contributed by atoms with E-state index in [1.807, 2.05) is 24.3 Å². The van der Waals surface area contributed by atoms with Crippen LogP contribution in [0, 0.1) is 12.8 Å². The minimum absolute atomic E-state index is 0.0590. The molecule has 0 saturated carbocycles. The molecule has 0 bridgehead atoms. The van der Waals surface area contributed by atoms with E-state index in [1.165, 1.54) is 11.1 Å². The Kier molecular flexibility index (Phi) is 7.10. The molecule has 0 radical (unpaired) electrons. The molecule has 0 aromatic heterocycles. The lowest BCUT2D eigenvalue weighted by Crippen LogP contribution is -2.41. The third kappa shape index (κ3) is 5.35. The number of ether oxygens (including phenoxy) is 1. The lowest BCUT2D eigenvalue weighted by atomic mass is 9.94. The third-order valence-electron chi connectivity index (χ3n) is 5.69. The van der Waals surface area contributed by atoms with Crippen LogP contribution in [0.1, 0.15) is 48.9 Å². The summed E-state index contributed by atoms with van der Waals surface area (Å²) in [7, 11) is 1.67. The van der Waals surface area contributed by atoms with Crippen molar-refractivity contribution in [2.75, 3.05) is 20.2 Å². The Hall–Kier alpha value is -2.33. The van der Waals surface area contributed by atoms with Crippen molar-refractivity contribution >= 4 is 5.91 Å². The highest BCUT2D eigenvalue weighted by atomic mass is 16.5. The van der Waals surface area contributed by atoms with Gasteiger partial charge in [-0.3, -0.25) is 9.69 Å². The van der Waals surface area contributed by atoms with Gasteiger partial charge in [-0.25, -0.2) is 0 Å². The number of amides is 1. The second-order valence-electron chi connectivity index (χ2n) is 7.78. The SMILES string of the molecule is CC[C@@H](NC(=O)C1CCN(Cc2cccc(C)c2)CC1)c1ccc(OC)cc1. The molecule has 4 nitrogen and oxygen atoms in total. The van der Waals surface area contributed by atoms with Crippen molar-refractivity contribution in [3.63, 3.8) is 0 Å². The summed E-state index contributed by atoms with van der Waals surface area (Å²) >= 11 is 0. The summed E-state index contributed by atoms with van der Waals surface area (Å²) in [6, 6.07) is 16.7. The average molecular weight is 381 g/mol. The molecular formula is C24H32N2O2. The van der Waals surface area contributed by atoms with Gasteiger partial charge in [0.15, 0.2) is 0 Å². The van der Waals surface area contributed by atoms with Crippen LogP contribution in [0.3, 0.4) is 0 Å². The maximum Gasteiger partial charge on any atom is 0.223 e. The lowest BCUT2D eigenvalue weighted by Gasteiger charge is -2.32. The van der Waals surface area contributed by atoms with Gasteiger partial charge in [0, 0.05) is 12.5 Å². The summed E-state index contributed by atoms with van der Waals surface area (Å²) in [5, 5.41) is 3.26. The molecule has 1 aliphatic heterocycles. The molecule has 1 aliphatic rings. The van der Waals surface area contributed by atoms with E-state index in [0.29, 0.717) is 0 Å². The summed E-state index contributed by atoms with van der Waals surface area (Å²) in [5.74, 6) is 1.14. The maximum atomic E-state index is 12.8. The van der Waals surface area contributed by atoms with Gasteiger partial charge in [0.05, 0.1) is 13.2 Å². The minimum Gasteiger partial charge on any atom is -0.497 e. The number of carbonyl (C=O) groups excluding carboxylic acids is 1. The smallest absolute Gasteiger partial charge is 0.223 e. The van der Waals surface area contributed by atoms with Crippen LogP contribution in [-0.2, 0) is 11.3 Å². The molecule has 150 valence electrons. The van der Waals surface area contributed by atoms with E-state index in [9.17, 15) is 4.79 Å². The summed E-state index contributed by atoms with van der Waals surface area (Å²) in [6.45, 7) is 7.17. The third-order valence-corrected chi connectivity index (χ3v) is 5.69. The number of carbonyl (C=O) groups is 1. The van der Waals surface area contributed by atoms with E-state index >= 15 is 0 Å². The molecule has 4 heteroatoms. The van der Waals surface area contributed by atoms with Crippen molar-refractivity contribution in [2.24, 2.45) is 5.92 Å². The molecule has 1 atom stereocenters. The number of hydrogen-bond acceptors (Lipinski definition) is 3. The molecule has 0 unspecified atom stereocenters. The van der Waals surface area contributed by atoms with E-state index in [1.54, 1.807) is 7.11 Å². The number of hydrogen-bond donors (Lipinski definition) is 1. The molecule has 1 saturated heterocycles. The monoisotopic (exact) mass is 380 g/mol.